The van der Waals surface area contributed by atoms with Crippen LogP contribution in [0.2, 0.25) is 5.02 Å². The minimum atomic E-state index is -0.400. The zero-order chi connectivity index (χ0) is 15.5. The molecule has 0 bridgehead atoms. The second kappa shape index (κ2) is 6.29. The second-order valence-corrected chi connectivity index (χ2v) is 5.93. The molecular formula is C15H13ClN4OS. The fourth-order valence-electron chi connectivity index (χ4n) is 1.96. The Balaban J connectivity index is 1.75. The molecular weight excluding hydrogens is 320 g/mol. The van der Waals surface area contributed by atoms with E-state index in [4.69, 9.17) is 11.6 Å². The lowest BCUT2D eigenvalue weighted by atomic mass is 10.2. The van der Waals surface area contributed by atoms with Crippen molar-refractivity contribution in [1.29, 1.82) is 0 Å². The van der Waals surface area contributed by atoms with Crippen molar-refractivity contribution in [3.05, 3.63) is 53.1 Å². The maximum atomic E-state index is 12.2. The smallest absolute Gasteiger partial charge is 0.250 e. The number of thiazole rings is 1. The number of aromatic nitrogens is 3. The second-order valence-electron chi connectivity index (χ2n) is 4.67. The van der Waals surface area contributed by atoms with E-state index in [2.05, 4.69) is 15.4 Å². The molecule has 3 aromatic rings. The molecule has 7 heteroatoms. The Hall–Kier alpha value is -2.18. The lowest BCUT2D eigenvalue weighted by molar-refractivity contribution is -0.119. The van der Waals surface area contributed by atoms with E-state index in [-0.39, 0.29) is 5.91 Å². The van der Waals surface area contributed by atoms with Crippen LogP contribution in [0.1, 0.15) is 13.0 Å². The minimum absolute atomic E-state index is 0.163. The van der Waals surface area contributed by atoms with Gasteiger partial charge in [-0.25, -0.2) is 4.98 Å². The molecule has 0 fully saturated rings. The predicted molar refractivity (Wildman–Crippen MR) is 88.1 cm³/mol. The number of hydrogen-bond donors (Lipinski definition) is 1. The van der Waals surface area contributed by atoms with Gasteiger partial charge in [-0.3, -0.25) is 9.48 Å². The Bertz CT molecular complexity index is 784. The van der Waals surface area contributed by atoms with E-state index in [0.29, 0.717) is 10.2 Å². The molecule has 0 aliphatic rings. The van der Waals surface area contributed by atoms with Crippen molar-refractivity contribution in [2.45, 2.75) is 13.0 Å². The average Bonchev–Trinajstić information content (AvgIpc) is 3.18. The molecule has 1 atom stereocenters. The van der Waals surface area contributed by atoms with Crippen molar-refractivity contribution >= 4 is 34.0 Å². The van der Waals surface area contributed by atoms with Crippen molar-refractivity contribution in [3.63, 3.8) is 0 Å². The standard InChI is InChI=1S/C15H13ClN4OS/c1-10(20-8-4-7-17-20)14(21)19-15-18-13(9-22-15)11-5-2-3-6-12(11)16/h2-10H,1H3,(H,18,19,21). The van der Waals surface area contributed by atoms with Crippen molar-refractivity contribution in [3.8, 4) is 11.3 Å². The molecule has 5 nitrogen and oxygen atoms in total. The van der Waals surface area contributed by atoms with Gasteiger partial charge in [-0.15, -0.1) is 11.3 Å². The fourth-order valence-corrected chi connectivity index (χ4v) is 2.91. The van der Waals surface area contributed by atoms with Crippen LogP contribution < -0.4 is 5.32 Å². The summed E-state index contributed by atoms with van der Waals surface area (Å²) in [5.41, 5.74) is 1.60. The van der Waals surface area contributed by atoms with Gasteiger partial charge in [0, 0.05) is 28.4 Å². The average molecular weight is 333 g/mol. The summed E-state index contributed by atoms with van der Waals surface area (Å²) < 4.78 is 1.60. The number of halogens is 1. The summed E-state index contributed by atoms with van der Waals surface area (Å²) in [4.78, 5) is 16.6. The van der Waals surface area contributed by atoms with Gasteiger partial charge in [0.05, 0.1) is 5.69 Å². The number of amides is 1. The summed E-state index contributed by atoms with van der Waals surface area (Å²) in [5, 5.41) is 9.91. The maximum Gasteiger partial charge on any atom is 0.250 e. The van der Waals surface area contributed by atoms with Gasteiger partial charge < -0.3 is 5.32 Å². The zero-order valence-corrected chi connectivity index (χ0v) is 13.3. The molecule has 2 aromatic heterocycles. The molecule has 2 heterocycles. The molecule has 0 radical (unpaired) electrons. The van der Waals surface area contributed by atoms with Crippen LogP contribution >= 0.6 is 22.9 Å². The van der Waals surface area contributed by atoms with Crippen LogP contribution in [0.25, 0.3) is 11.3 Å². The molecule has 3 rings (SSSR count). The molecule has 0 aliphatic carbocycles. The minimum Gasteiger partial charge on any atom is -0.300 e. The zero-order valence-electron chi connectivity index (χ0n) is 11.7. The van der Waals surface area contributed by atoms with E-state index in [9.17, 15) is 4.79 Å². The summed E-state index contributed by atoms with van der Waals surface area (Å²) in [6.07, 6.45) is 3.39. The number of nitrogens with one attached hydrogen (secondary N) is 1. The number of benzene rings is 1. The van der Waals surface area contributed by atoms with E-state index in [1.54, 1.807) is 30.1 Å². The summed E-state index contributed by atoms with van der Waals surface area (Å²) in [7, 11) is 0. The van der Waals surface area contributed by atoms with E-state index in [1.165, 1.54) is 11.3 Å². The highest BCUT2D eigenvalue weighted by Crippen LogP contribution is 2.30. The van der Waals surface area contributed by atoms with Crippen LogP contribution in [0.3, 0.4) is 0 Å². The van der Waals surface area contributed by atoms with Crippen LogP contribution in [0.5, 0.6) is 0 Å². The predicted octanol–water partition coefficient (Wildman–Crippen LogP) is 3.86. The largest absolute Gasteiger partial charge is 0.300 e. The first-order chi connectivity index (χ1) is 10.6. The molecule has 0 saturated heterocycles. The van der Waals surface area contributed by atoms with Gasteiger partial charge in [0.1, 0.15) is 6.04 Å². The first-order valence-electron chi connectivity index (χ1n) is 6.65. The highest BCUT2D eigenvalue weighted by atomic mass is 35.5. The Morgan fingerprint density at radius 3 is 2.91 bits per heavy atom. The third kappa shape index (κ3) is 3.03. The van der Waals surface area contributed by atoms with E-state index >= 15 is 0 Å². The molecule has 1 N–H and O–H groups in total. The lowest BCUT2D eigenvalue weighted by Crippen LogP contribution is -2.23. The molecule has 0 aliphatic heterocycles. The Morgan fingerprint density at radius 1 is 1.36 bits per heavy atom. The van der Waals surface area contributed by atoms with Crippen molar-refractivity contribution in [2.75, 3.05) is 5.32 Å². The topological polar surface area (TPSA) is 59.8 Å². The van der Waals surface area contributed by atoms with Gasteiger partial charge >= 0.3 is 0 Å². The van der Waals surface area contributed by atoms with Crippen LogP contribution in [0.15, 0.2) is 48.1 Å². The number of rotatable bonds is 4. The number of hydrogen-bond acceptors (Lipinski definition) is 4. The highest BCUT2D eigenvalue weighted by molar-refractivity contribution is 7.14. The van der Waals surface area contributed by atoms with Gasteiger partial charge in [0.25, 0.3) is 5.91 Å². The summed E-state index contributed by atoms with van der Waals surface area (Å²) in [5.74, 6) is -0.163. The SMILES string of the molecule is CC(C(=O)Nc1nc(-c2ccccc2Cl)cs1)n1cccn1. The molecule has 112 valence electrons. The summed E-state index contributed by atoms with van der Waals surface area (Å²) in [6.45, 7) is 1.78. The number of carbonyl (C=O) groups excluding carboxylic acids is 1. The number of carbonyl (C=O) groups is 1. The fraction of sp³-hybridized carbons (Fsp3) is 0.133. The van der Waals surface area contributed by atoms with Gasteiger partial charge in [0.15, 0.2) is 5.13 Å². The van der Waals surface area contributed by atoms with Crippen LogP contribution in [-0.2, 0) is 4.79 Å². The Morgan fingerprint density at radius 2 is 2.18 bits per heavy atom. The third-order valence-electron chi connectivity index (χ3n) is 3.19. The number of anilines is 1. The van der Waals surface area contributed by atoms with Gasteiger partial charge in [-0.1, -0.05) is 29.8 Å². The quantitative estimate of drug-likeness (QED) is 0.789. The summed E-state index contributed by atoms with van der Waals surface area (Å²) >= 11 is 7.52. The van der Waals surface area contributed by atoms with Crippen molar-refractivity contribution < 1.29 is 4.79 Å². The Labute approximate surface area is 136 Å². The summed E-state index contributed by atoms with van der Waals surface area (Å²) in [6, 6.07) is 8.86. The molecule has 0 saturated carbocycles. The number of nitrogens with zero attached hydrogens (tertiary/aromatic N) is 3. The normalized spacial score (nSPS) is 12.1. The maximum absolute atomic E-state index is 12.2. The molecule has 1 amide bonds. The van der Waals surface area contributed by atoms with E-state index < -0.39 is 6.04 Å². The van der Waals surface area contributed by atoms with Gasteiger partial charge in [-0.05, 0) is 19.1 Å². The lowest BCUT2D eigenvalue weighted by Gasteiger charge is -2.10. The van der Waals surface area contributed by atoms with Crippen molar-refractivity contribution in [2.24, 2.45) is 0 Å². The van der Waals surface area contributed by atoms with Crippen LogP contribution in [0, 0.1) is 0 Å². The van der Waals surface area contributed by atoms with E-state index in [0.717, 1.165) is 11.3 Å². The third-order valence-corrected chi connectivity index (χ3v) is 4.27. The first kappa shape index (κ1) is 14.7. The monoisotopic (exact) mass is 332 g/mol. The Kier molecular flexibility index (Phi) is 4.22. The molecule has 1 aromatic carbocycles. The molecule has 22 heavy (non-hydrogen) atoms. The highest BCUT2D eigenvalue weighted by Gasteiger charge is 2.17. The van der Waals surface area contributed by atoms with Gasteiger partial charge in [0.2, 0.25) is 0 Å². The van der Waals surface area contributed by atoms with Crippen molar-refractivity contribution in [1.82, 2.24) is 14.8 Å². The molecule has 1 unspecified atom stereocenters. The van der Waals surface area contributed by atoms with Crippen LogP contribution in [-0.4, -0.2) is 20.7 Å². The van der Waals surface area contributed by atoms with Gasteiger partial charge in [-0.2, -0.15) is 5.10 Å². The molecule has 0 spiro atoms. The van der Waals surface area contributed by atoms with E-state index in [1.807, 2.05) is 29.6 Å². The van der Waals surface area contributed by atoms with Crippen LogP contribution in [0.4, 0.5) is 5.13 Å². The first-order valence-corrected chi connectivity index (χ1v) is 7.91.